The summed E-state index contributed by atoms with van der Waals surface area (Å²) in [6, 6.07) is 6.37. The number of aromatic amines is 1. The van der Waals surface area contributed by atoms with Crippen LogP contribution in [-0.4, -0.2) is 35.8 Å². The smallest absolute Gasteiger partial charge is 0.408 e. The van der Waals surface area contributed by atoms with Gasteiger partial charge in [0.2, 0.25) is 0 Å². The Bertz CT molecular complexity index is 881. The summed E-state index contributed by atoms with van der Waals surface area (Å²) in [5.74, 6) is -0.653. The molecule has 162 valence electrons. The van der Waals surface area contributed by atoms with Crippen LogP contribution in [0.2, 0.25) is 0 Å². The quantitative estimate of drug-likeness (QED) is 0.745. The Kier molecular flexibility index (Phi) is 10.1. The molecular weight excluding hydrogens is 372 g/mol. The molecule has 0 aliphatic carbocycles. The third kappa shape index (κ3) is 7.97. The zero-order valence-corrected chi connectivity index (χ0v) is 17.6. The normalized spacial score (nSPS) is 11.4. The first-order valence-electron chi connectivity index (χ1n) is 9.29. The van der Waals surface area contributed by atoms with Gasteiger partial charge in [-0.3, -0.25) is 4.79 Å². The number of hydrogen-bond donors (Lipinski definition) is 2. The van der Waals surface area contributed by atoms with Gasteiger partial charge in [0.1, 0.15) is 11.6 Å². The number of hydrogen-bond acceptors (Lipinski definition) is 5. The Labute approximate surface area is 172 Å². The van der Waals surface area contributed by atoms with Crippen molar-refractivity contribution < 1.29 is 19.1 Å². The maximum atomic E-state index is 12.4. The lowest BCUT2D eigenvalue weighted by Crippen LogP contribution is -2.45. The maximum Gasteiger partial charge on any atom is 0.408 e. The number of rotatable bonds is 4. The topological polar surface area (TPSA) is 97.5 Å². The average Bonchev–Trinajstić information content (AvgIpc) is 2.61. The molecule has 0 saturated carbocycles. The van der Waals surface area contributed by atoms with Crippen LogP contribution in [0.4, 0.5) is 4.79 Å². The van der Waals surface area contributed by atoms with E-state index in [4.69, 9.17) is 9.47 Å². The van der Waals surface area contributed by atoms with Crippen LogP contribution in [0, 0.1) is 6.92 Å². The number of H-pyrrole nitrogens is 1. The van der Waals surface area contributed by atoms with E-state index < -0.39 is 23.7 Å². The number of aryl methyl sites for hydroxylation is 1. The Morgan fingerprint density at radius 1 is 1.17 bits per heavy atom. The molecule has 1 aromatic carbocycles. The minimum Gasteiger partial charge on any atom is -0.467 e. The van der Waals surface area contributed by atoms with Gasteiger partial charge in [-0.15, -0.1) is 0 Å². The Hall–Kier alpha value is -2.83. The van der Waals surface area contributed by atoms with E-state index in [0.29, 0.717) is 11.1 Å². The van der Waals surface area contributed by atoms with Crippen LogP contribution in [0.3, 0.4) is 0 Å². The van der Waals surface area contributed by atoms with Gasteiger partial charge in [-0.2, -0.15) is 0 Å². The number of carbonyl (C=O) groups is 2. The highest BCUT2D eigenvalue weighted by molar-refractivity contribution is 5.83. The van der Waals surface area contributed by atoms with Crippen molar-refractivity contribution in [2.24, 2.45) is 0 Å². The van der Waals surface area contributed by atoms with Crippen LogP contribution >= 0.6 is 0 Å². The van der Waals surface area contributed by atoms with Crippen LogP contribution in [0.5, 0.6) is 0 Å². The number of amides is 1. The lowest BCUT2D eigenvalue weighted by atomic mass is 10.0. The molecule has 2 N–H and O–H groups in total. The summed E-state index contributed by atoms with van der Waals surface area (Å²) in [7, 11) is 1.22. The number of nitrogens with one attached hydrogen (secondary N) is 2. The van der Waals surface area contributed by atoms with E-state index >= 15 is 0 Å². The van der Waals surface area contributed by atoms with E-state index in [9.17, 15) is 14.4 Å². The van der Waals surface area contributed by atoms with E-state index in [1.807, 2.05) is 39.0 Å². The molecule has 0 aliphatic rings. The predicted molar refractivity (Wildman–Crippen MR) is 116 cm³/mol. The summed E-state index contributed by atoms with van der Waals surface area (Å²) in [5.41, 5.74) is 1.09. The van der Waals surface area contributed by atoms with Crippen molar-refractivity contribution in [3.05, 3.63) is 45.7 Å². The molecule has 7 heteroatoms. The molecule has 0 bridgehead atoms. The van der Waals surface area contributed by atoms with Gasteiger partial charge in [-0.05, 0) is 50.8 Å². The maximum absolute atomic E-state index is 12.4. The summed E-state index contributed by atoms with van der Waals surface area (Å²) in [6.07, 6.45) is -0.758. The summed E-state index contributed by atoms with van der Waals surface area (Å²) in [6.45, 7) is 11.1. The zero-order chi connectivity index (χ0) is 21.5. The third-order valence-corrected chi connectivity index (χ3v) is 3.68. The molecule has 0 aliphatic heterocycles. The van der Waals surface area contributed by atoms with Crippen molar-refractivity contribution in [2.75, 3.05) is 7.11 Å². The largest absolute Gasteiger partial charge is 0.467 e. The van der Waals surface area contributed by atoms with E-state index in [1.54, 1.807) is 26.8 Å². The fourth-order valence-electron chi connectivity index (χ4n) is 2.52. The SMILES string of the molecule is C.CC.COC(=O)C(Cc1cc2ccc(C)cc2[nH]c1=O)NC(=O)OC(C)(C)C. The van der Waals surface area contributed by atoms with E-state index in [0.717, 1.165) is 10.9 Å². The summed E-state index contributed by atoms with van der Waals surface area (Å²) < 4.78 is 9.91. The second-order valence-electron chi connectivity index (χ2n) is 7.14. The predicted octanol–water partition coefficient (Wildman–Crippen LogP) is 4.11. The second kappa shape index (κ2) is 11.2. The van der Waals surface area contributed by atoms with Crippen LogP contribution in [0.25, 0.3) is 10.9 Å². The lowest BCUT2D eigenvalue weighted by molar-refractivity contribution is -0.143. The molecule has 1 unspecified atom stereocenters. The number of aromatic nitrogens is 1. The van der Waals surface area contributed by atoms with Crippen molar-refractivity contribution in [1.82, 2.24) is 10.3 Å². The Balaban J connectivity index is 0.00000253. The van der Waals surface area contributed by atoms with Gasteiger partial charge in [-0.25, -0.2) is 9.59 Å². The minimum atomic E-state index is -1.03. The van der Waals surface area contributed by atoms with Crippen LogP contribution in [0.1, 0.15) is 53.2 Å². The Morgan fingerprint density at radius 2 is 1.79 bits per heavy atom. The second-order valence-corrected chi connectivity index (χ2v) is 7.14. The summed E-state index contributed by atoms with van der Waals surface area (Å²) in [5, 5.41) is 3.31. The van der Waals surface area contributed by atoms with Gasteiger partial charge < -0.3 is 19.8 Å². The molecule has 1 heterocycles. The number of ether oxygens (including phenoxy) is 2. The molecule has 0 saturated heterocycles. The minimum absolute atomic E-state index is 0. The molecule has 29 heavy (non-hydrogen) atoms. The number of pyridine rings is 1. The first kappa shape index (κ1) is 26.2. The first-order chi connectivity index (χ1) is 13.1. The van der Waals surface area contributed by atoms with Crippen molar-refractivity contribution in [3.8, 4) is 0 Å². The molecule has 1 amide bonds. The van der Waals surface area contributed by atoms with Gasteiger partial charge in [0.15, 0.2) is 0 Å². The zero-order valence-electron chi connectivity index (χ0n) is 17.6. The first-order valence-corrected chi connectivity index (χ1v) is 9.29. The lowest BCUT2D eigenvalue weighted by Gasteiger charge is -2.22. The van der Waals surface area contributed by atoms with E-state index in [-0.39, 0.29) is 19.4 Å². The molecule has 7 nitrogen and oxygen atoms in total. The number of benzene rings is 1. The number of fused-ring (bicyclic) bond motifs is 1. The van der Waals surface area contributed by atoms with Gasteiger partial charge in [-0.1, -0.05) is 33.4 Å². The fraction of sp³-hybridized carbons (Fsp3) is 0.500. The van der Waals surface area contributed by atoms with Crippen molar-refractivity contribution in [1.29, 1.82) is 0 Å². The molecule has 2 rings (SSSR count). The van der Waals surface area contributed by atoms with E-state index in [1.165, 1.54) is 7.11 Å². The van der Waals surface area contributed by atoms with Gasteiger partial charge in [0, 0.05) is 17.5 Å². The molecule has 1 aromatic heterocycles. The summed E-state index contributed by atoms with van der Waals surface area (Å²) in [4.78, 5) is 39.2. The van der Waals surface area contributed by atoms with Gasteiger partial charge in [0.25, 0.3) is 5.56 Å². The molecule has 0 spiro atoms. The standard InChI is InChI=1S/C19H24N2O5.C2H6.CH4/c1-11-6-7-12-9-13(16(22)20-14(12)8-11)10-15(17(23)25-5)21-18(24)26-19(2,3)4;1-2;/h6-9,15H,10H2,1-5H3,(H,20,22)(H,21,24);1-2H3;1H4. The third-order valence-electron chi connectivity index (χ3n) is 3.68. The molecule has 2 aromatic rings. The highest BCUT2D eigenvalue weighted by Gasteiger charge is 2.26. The van der Waals surface area contributed by atoms with Crippen molar-refractivity contribution >= 4 is 23.0 Å². The Morgan fingerprint density at radius 3 is 2.34 bits per heavy atom. The fourth-order valence-corrected chi connectivity index (χ4v) is 2.52. The molecular formula is C22H34N2O5. The highest BCUT2D eigenvalue weighted by atomic mass is 16.6. The van der Waals surface area contributed by atoms with Crippen LogP contribution in [-0.2, 0) is 20.7 Å². The van der Waals surface area contributed by atoms with Crippen molar-refractivity contribution in [2.45, 2.75) is 67.0 Å². The summed E-state index contributed by atoms with van der Waals surface area (Å²) >= 11 is 0. The van der Waals surface area contributed by atoms with Crippen LogP contribution in [0.15, 0.2) is 29.1 Å². The number of esters is 1. The molecule has 0 radical (unpaired) electrons. The molecule has 0 fully saturated rings. The number of carbonyl (C=O) groups excluding carboxylic acids is 2. The average molecular weight is 407 g/mol. The monoisotopic (exact) mass is 406 g/mol. The number of methoxy groups -OCH3 is 1. The number of alkyl carbamates (subject to hydrolysis) is 1. The van der Waals surface area contributed by atoms with E-state index in [2.05, 4.69) is 10.3 Å². The van der Waals surface area contributed by atoms with Crippen LogP contribution < -0.4 is 10.9 Å². The highest BCUT2D eigenvalue weighted by Crippen LogP contribution is 2.14. The van der Waals surface area contributed by atoms with Crippen molar-refractivity contribution in [3.63, 3.8) is 0 Å². The molecule has 1 atom stereocenters. The van der Waals surface area contributed by atoms with Gasteiger partial charge in [0.05, 0.1) is 7.11 Å². The van der Waals surface area contributed by atoms with Gasteiger partial charge >= 0.3 is 12.1 Å².